The zero-order valence-corrected chi connectivity index (χ0v) is 11.6. The maximum absolute atomic E-state index is 12.8. The van der Waals surface area contributed by atoms with Crippen molar-refractivity contribution in [1.29, 1.82) is 0 Å². The molecule has 2 aromatic rings. The Morgan fingerprint density at radius 3 is 2.71 bits per heavy atom. The first-order valence-electron chi connectivity index (χ1n) is 6.34. The van der Waals surface area contributed by atoms with Gasteiger partial charge in [0.15, 0.2) is 5.13 Å². The molecule has 1 amide bonds. The van der Waals surface area contributed by atoms with Crippen molar-refractivity contribution < 1.29 is 19.1 Å². The van der Waals surface area contributed by atoms with Gasteiger partial charge in [-0.05, 0) is 37.1 Å². The lowest BCUT2D eigenvalue weighted by Gasteiger charge is -2.03. The molecule has 0 aliphatic heterocycles. The summed E-state index contributed by atoms with van der Waals surface area (Å²) in [6, 6.07) is 5.17. The number of carboxylic acids is 1. The SMILES string of the molecule is O=C(Nc1nc2c(s1)CC[C@H]2C(=O)O)c1ccc(F)cc1. The molecule has 0 radical (unpaired) electrons. The minimum absolute atomic E-state index is 0.321. The molecule has 1 aliphatic rings. The molecule has 1 aliphatic carbocycles. The number of thiazole rings is 1. The zero-order chi connectivity index (χ0) is 15.0. The molecule has 5 nitrogen and oxygen atoms in total. The van der Waals surface area contributed by atoms with E-state index < -0.39 is 23.6 Å². The number of nitrogens with zero attached hydrogens (tertiary/aromatic N) is 1. The predicted octanol–water partition coefficient (Wildman–Crippen LogP) is 2.65. The smallest absolute Gasteiger partial charge is 0.312 e. The summed E-state index contributed by atoms with van der Waals surface area (Å²) in [6.45, 7) is 0. The quantitative estimate of drug-likeness (QED) is 0.913. The maximum Gasteiger partial charge on any atom is 0.312 e. The van der Waals surface area contributed by atoms with Gasteiger partial charge in [-0.25, -0.2) is 9.37 Å². The van der Waals surface area contributed by atoms with E-state index in [9.17, 15) is 14.0 Å². The average Bonchev–Trinajstić information content (AvgIpc) is 2.98. The van der Waals surface area contributed by atoms with E-state index in [1.807, 2.05) is 0 Å². The molecule has 108 valence electrons. The molecule has 1 heterocycles. The number of benzene rings is 1. The topological polar surface area (TPSA) is 79.3 Å². The number of fused-ring (bicyclic) bond motifs is 1. The van der Waals surface area contributed by atoms with Gasteiger partial charge >= 0.3 is 5.97 Å². The van der Waals surface area contributed by atoms with E-state index in [0.717, 1.165) is 4.88 Å². The van der Waals surface area contributed by atoms with Gasteiger partial charge in [0.2, 0.25) is 0 Å². The van der Waals surface area contributed by atoms with E-state index >= 15 is 0 Å². The van der Waals surface area contributed by atoms with Gasteiger partial charge in [0.1, 0.15) is 11.7 Å². The van der Waals surface area contributed by atoms with Crippen LogP contribution < -0.4 is 5.32 Å². The standard InChI is InChI=1S/C14H11FN2O3S/c15-8-3-1-7(2-4-8)12(18)17-14-16-11-9(13(19)20)5-6-10(11)21-14/h1-4,9H,5-6H2,(H,19,20)(H,16,17,18)/t9-/m1/s1. The Hall–Kier alpha value is -2.28. The average molecular weight is 306 g/mol. The highest BCUT2D eigenvalue weighted by atomic mass is 32.1. The number of carbonyl (C=O) groups excluding carboxylic acids is 1. The van der Waals surface area contributed by atoms with Gasteiger partial charge in [-0.1, -0.05) is 0 Å². The molecular formula is C14H11FN2O3S. The van der Waals surface area contributed by atoms with E-state index in [1.165, 1.54) is 35.6 Å². The van der Waals surface area contributed by atoms with Crippen LogP contribution in [0.15, 0.2) is 24.3 Å². The van der Waals surface area contributed by atoms with Gasteiger partial charge in [0.25, 0.3) is 5.91 Å². The van der Waals surface area contributed by atoms with Gasteiger partial charge in [-0.15, -0.1) is 11.3 Å². The Labute approximate surface area is 123 Å². The Morgan fingerprint density at radius 1 is 1.33 bits per heavy atom. The summed E-state index contributed by atoms with van der Waals surface area (Å²) in [5.41, 5.74) is 0.864. The predicted molar refractivity (Wildman–Crippen MR) is 75.2 cm³/mol. The molecule has 0 unspecified atom stereocenters. The molecule has 7 heteroatoms. The molecule has 0 spiro atoms. The van der Waals surface area contributed by atoms with E-state index in [2.05, 4.69) is 10.3 Å². The van der Waals surface area contributed by atoms with Crippen molar-refractivity contribution in [3.05, 3.63) is 46.2 Å². The summed E-state index contributed by atoms with van der Waals surface area (Å²) in [5, 5.41) is 12.1. The van der Waals surface area contributed by atoms with Crippen LogP contribution in [0.4, 0.5) is 9.52 Å². The second kappa shape index (κ2) is 5.25. The summed E-state index contributed by atoms with van der Waals surface area (Å²) >= 11 is 1.29. The minimum atomic E-state index is -0.893. The van der Waals surface area contributed by atoms with E-state index in [-0.39, 0.29) is 0 Å². The molecule has 1 aromatic carbocycles. The van der Waals surface area contributed by atoms with Crippen molar-refractivity contribution in [3.63, 3.8) is 0 Å². The molecule has 0 fully saturated rings. The Bertz CT molecular complexity index is 712. The molecule has 2 N–H and O–H groups in total. The number of amides is 1. The highest BCUT2D eigenvalue weighted by Crippen LogP contribution is 2.38. The van der Waals surface area contributed by atoms with Crippen molar-refractivity contribution in [2.24, 2.45) is 0 Å². The summed E-state index contributed by atoms with van der Waals surface area (Å²) in [5.74, 6) is -2.29. The van der Waals surface area contributed by atoms with Crippen LogP contribution in [0.25, 0.3) is 0 Å². The van der Waals surface area contributed by atoms with Crippen molar-refractivity contribution in [2.75, 3.05) is 5.32 Å². The zero-order valence-electron chi connectivity index (χ0n) is 10.8. The highest BCUT2D eigenvalue weighted by Gasteiger charge is 2.32. The number of carboxylic acid groups (broad SMARTS) is 1. The molecule has 21 heavy (non-hydrogen) atoms. The fraction of sp³-hybridized carbons (Fsp3) is 0.214. The summed E-state index contributed by atoms with van der Waals surface area (Å²) in [6.07, 6.45) is 1.21. The third-order valence-corrected chi connectivity index (χ3v) is 4.39. The van der Waals surface area contributed by atoms with Crippen LogP contribution in [0.3, 0.4) is 0 Å². The van der Waals surface area contributed by atoms with Crippen LogP contribution in [0.1, 0.15) is 33.3 Å². The third-order valence-electron chi connectivity index (χ3n) is 3.34. The number of hydrogen-bond donors (Lipinski definition) is 2. The van der Waals surface area contributed by atoms with Crippen LogP contribution in [0, 0.1) is 5.82 Å². The second-order valence-electron chi connectivity index (χ2n) is 4.72. The molecule has 1 atom stereocenters. The fourth-order valence-electron chi connectivity index (χ4n) is 2.29. The molecular weight excluding hydrogens is 295 g/mol. The van der Waals surface area contributed by atoms with Crippen molar-refractivity contribution >= 4 is 28.3 Å². The van der Waals surface area contributed by atoms with E-state index in [1.54, 1.807) is 0 Å². The summed E-state index contributed by atoms with van der Waals surface area (Å²) in [4.78, 5) is 28.2. The van der Waals surface area contributed by atoms with Crippen LogP contribution in [0.5, 0.6) is 0 Å². The molecule has 1 aromatic heterocycles. The van der Waals surface area contributed by atoms with Gasteiger partial charge in [0.05, 0.1) is 5.69 Å². The van der Waals surface area contributed by atoms with Crippen molar-refractivity contribution in [3.8, 4) is 0 Å². The lowest BCUT2D eigenvalue weighted by atomic mass is 10.1. The minimum Gasteiger partial charge on any atom is -0.481 e. The number of carbonyl (C=O) groups is 2. The Morgan fingerprint density at radius 2 is 2.05 bits per heavy atom. The van der Waals surface area contributed by atoms with Crippen molar-refractivity contribution in [2.45, 2.75) is 18.8 Å². The number of halogens is 1. The highest BCUT2D eigenvalue weighted by molar-refractivity contribution is 7.16. The van der Waals surface area contributed by atoms with Gasteiger partial charge in [0, 0.05) is 10.4 Å². The normalized spacial score (nSPS) is 16.5. The molecule has 0 bridgehead atoms. The van der Waals surface area contributed by atoms with Crippen LogP contribution in [0.2, 0.25) is 0 Å². The second-order valence-corrected chi connectivity index (χ2v) is 5.80. The van der Waals surface area contributed by atoms with Crippen LogP contribution in [-0.2, 0) is 11.2 Å². The van der Waals surface area contributed by atoms with Crippen LogP contribution in [-0.4, -0.2) is 22.0 Å². The van der Waals surface area contributed by atoms with Crippen molar-refractivity contribution in [1.82, 2.24) is 4.98 Å². The largest absolute Gasteiger partial charge is 0.481 e. The lowest BCUT2D eigenvalue weighted by molar-refractivity contribution is -0.138. The maximum atomic E-state index is 12.8. The molecule has 3 rings (SSSR count). The fourth-order valence-corrected chi connectivity index (χ4v) is 3.33. The molecule has 0 saturated carbocycles. The van der Waals surface area contributed by atoms with E-state index in [0.29, 0.717) is 29.2 Å². The van der Waals surface area contributed by atoms with Crippen LogP contribution >= 0.6 is 11.3 Å². The Balaban J connectivity index is 1.77. The Kier molecular flexibility index (Phi) is 3.42. The van der Waals surface area contributed by atoms with Gasteiger partial charge < -0.3 is 5.11 Å². The number of aliphatic carboxylic acids is 1. The summed E-state index contributed by atoms with van der Waals surface area (Å²) in [7, 11) is 0. The monoisotopic (exact) mass is 306 g/mol. The first-order chi connectivity index (χ1) is 10.0. The third kappa shape index (κ3) is 2.64. The van der Waals surface area contributed by atoms with Gasteiger partial charge in [-0.3, -0.25) is 14.9 Å². The first kappa shape index (κ1) is 13.7. The molecule has 0 saturated heterocycles. The number of rotatable bonds is 3. The first-order valence-corrected chi connectivity index (χ1v) is 7.15. The summed E-state index contributed by atoms with van der Waals surface area (Å²) < 4.78 is 12.8. The lowest BCUT2D eigenvalue weighted by Crippen LogP contribution is -2.13. The van der Waals surface area contributed by atoms with Gasteiger partial charge in [-0.2, -0.15) is 0 Å². The number of aromatic nitrogens is 1. The number of hydrogen-bond acceptors (Lipinski definition) is 4. The number of nitrogens with one attached hydrogen (secondary N) is 1. The number of aryl methyl sites for hydroxylation is 1. The van der Waals surface area contributed by atoms with E-state index in [4.69, 9.17) is 5.11 Å². The number of anilines is 1.